The van der Waals surface area contributed by atoms with E-state index < -0.39 is 12.1 Å². The molecule has 3 rings (SSSR count). The molecular formula is C24H24F3N3O4. The summed E-state index contributed by atoms with van der Waals surface area (Å²) in [5, 5.41) is 10.7. The molecule has 7 nitrogen and oxygen atoms in total. The first kappa shape index (κ1) is 26.2. The molecule has 0 bridgehead atoms. The van der Waals surface area contributed by atoms with Crippen LogP contribution in [0.3, 0.4) is 0 Å². The van der Waals surface area contributed by atoms with E-state index in [2.05, 4.69) is 17.2 Å². The van der Waals surface area contributed by atoms with Crippen molar-refractivity contribution in [2.24, 2.45) is 10.9 Å². The first-order valence-electron chi connectivity index (χ1n) is 10.2. The summed E-state index contributed by atoms with van der Waals surface area (Å²) < 4.78 is 39.0. The molecule has 1 heterocycles. The fourth-order valence-corrected chi connectivity index (χ4v) is 3.00. The molecule has 2 aromatic carbocycles. The van der Waals surface area contributed by atoms with Gasteiger partial charge >= 0.3 is 18.1 Å². The monoisotopic (exact) mass is 475 g/mol. The lowest BCUT2D eigenvalue weighted by Crippen LogP contribution is -2.21. The third kappa shape index (κ3) is 8.12. The van der Waals surface area contributed by atoms with E-state index in [9.17, 15) is 18.0 Å². The second-order valence-electron chi connectivity index (χ2n) is 7.07. The Labute approximate surface area is 194 Å². The van der Waals surface area contributed by atoms with Crippen LogP contribution in [0.1, 0.15) is 39.5 Å². The van der Waals surface area contributed by atoms with E-state index in [4.69, 9.17) is 20.5 Å². The molecule has 0 aliphatic heterocycles. The van der Waals surface area contributed by atoms with Crippen LogP contribution in [0, 0.1) is 0 Å². The summed E-state index contributed by atoms with van der Waals surface area (Å²) in [7, 11) is 0. The van der Waals surface area contributed by atoms with E-state index >= 15 is 0 Å². The molecule has 0 fully saturated rings. The third-order valence-corrected chi connectivity index (χ3v) is 4.51. The van der Waals surface area contributed by atoms with Crippen molar-refractivity contribution in [2.45, 2.75) is 26.1 Å². The number of halogens is 3. The van der Waals surface area contributed by atoms with Crippen molar-refractivity contribution in [3.05, 3.63) is 94.8 Å². The number of aromatic nitrogens is 1. The lowest BCUT2D eigenvalue weighted by atomic mass is 10.0. The van der Waals surface area contributed by atoms with Crippen LogP contribution in [0.15, 0.2) is 72.1 Å². The third-order valence-electron chi connectivity index (χ3n) is 4.51. The van der Waals surface area contributed by atoms with Gasteiger partial charge in [-0.2, -0.15) is 18.3 Å². The van der Waals surface area contributed by atoms with E-state index in [-0.39, 0.29) is 5.97 Å². The standard InChI is InChI=1S/C22H23N3O2.C2HF3O2/c1-2-27-22(26)21-16-25(14-19-10-8-18(9-11-19)13-24-23)15-20(21)12-17-6-4-3-5-7-17;3-2(4,5)1(6)7/h3-11,13,15-16H,2,12,14,23H2,1H3;(H,6,7)/b24-13-;. The number of rotatable bonds is 7. The average molecular weight is 475 g/mol. The Morgan fingerprint density at radius 1 is 1.06 bits per heavy atom. The van der Waals surface area contributed by atoms with Gasteiger partial charge in [0.15, 0.2) is 0 Å². The molecule has 0 radical (unpaired) electrons. The van der Waals surface area contributed by atoms with Crippen LogP contribution in [0.2, 0.25) is 0 Å². The number of aliphatic carboxylic acids is 1. The molecule has 0 saturated carbocycles. The molecule has 34 heavy (non-hydrogen) atoms. The summed E-state index contributed by atoms with van der Waals surface area (Å²) in [5.41, 5.74) is 4.82. The highest BCUT2D eigenvalue weighted by atomic mass is 19.4. The van der Waals surface area contributed by atoms with Crippen LogP contribution in [-0.4, -0.2) is 40.6 Å². The number of hydrogen-bond acceptors (Lipinski definition) is 5. The quantitative estimate of drug-likeness (QED) is 0.230. The van der Waals surface area contributed by atoms with Crippen LogP contribution in [0.5, 0.6) is 0 Å². The van der Waals surface area contributed by atoms with Crippen molar-refractivity contribution < 1.29 is 32.6 Å². The molecular weight excluding hydrogens is 451 g/mol. The molecule has 0 atom stereocenters. The predicted octanol–water partition coefficient (Wildman–Crippen LogP) is 4.23. The van der Waals surface area contributed by atoms with Gasteiger partial charge in [0.05, 0.1) is 18.4 Å². The summed E-state index contributed by atoms with van der Waals surface area (Å²) in [6.07, 6.45) is 1.10. The van der Waals surface area contributed by atoms with Gasteiger partial charge in [0, 0.05) is 18.9 Å². The maximum atomic E-state index is 12.4. The van der Waals surface area contributed by atoms with Crippen molar-refractivity contribution in [1.29, 1.82) is 0 Å². The molecule has 0 spiro atoms. The lowest BCUT2D eigenvalue weighted by Gasteiger charge is -2.04. The van der Waals surface area contributed by atoms with Crippen molar-refractivity contribution in [3.8, 4) is 0 Å². The number of alkyl halides is 3. The van der Waals surface area contributed by atoms with E-state index in [1.165, 1.54) is 0 Å². The Bertz CT molecular complexity index is 1110. The minimum absolute atomic E-state index is 0.281. The normalized spacial score (nSPS) is 11.1. The number of esters is 1. The topological polar surface area (TPSA) is 107 Å². The van der Waals surface area contributed by atoms with E-state index in [1.807, 2.05) is 66.3 Å². The number of benzene rings is 2. The number of ether oxygens (including phenoxy) is 1. The van der Waals surface area contributed by atoms with Crippen LogP contribution in [0.4, 0.5) is 13.2 Å². The van der Waals surface area contributed by atoms with Crippen LogP contribution in [0.25, 0.3) is 0 Å². The maximum absolute atomic E-state index is 12.4. The van der Waals surface area contributed by atoms with Gasteiger partial charge in [-0.3, -0.25) is 0 Å². The summed E-state index contributed by atoms with van der Waals surface area (Å²) >= 11 is 0. The van der Waals surface area contributed by atoms with Crippen molar-refractivity contribution >= 4 is 18.2 Å². The van der Waals surface area contributed by atoms with Gasteiger partial charge in [-0.15, -0.1) is 0 Å². The summed E-state index contributed by atoms with van der Waals surface area (Å²) in [5.74, 6) is 2.14. The smallest absolute Gasteiger partial charge is 0.475 e. The zero-order valence-corrected chi connectivity index (χ0v) is 18.3. The number of hydrazone groups is 1. The minimum Gasteiger partial charge on any atom is -0.475 e. The molecule has 10 heteroatoms. The SMILES string of the molecule is CCOC(=O)c1cn(Cc2ccc(/C=N\N)cc2)cc1Cc1ccccc1.O=C(O)C(F)(F)F. The highest BCUT2D eigenvalue weighted by molar-refractivity contribution is 5.91. The first-order chi connectivity index (χ1) is 16.1. The average Bonchev–Trinajstić information content (AvgIpc) is 3.18. The number of carboxylic acid groups (broad SMARTS) is 1. The number of carbonyl (C=O) groups excluding carboxylic acids is 1. The second kappa shape index (κ2) is 12.2. The number of carboxylic acids is 1. The highest BCUT2D eigenvalue weighted by Crippen LogP contribution is 2.19. The van der Waals surface area contributed by atoms with E-state index in [1.54, 1.807) is 6.21 Å². The number of hydrogen-bond donors (Lipinski definition) is 2. The summed E-state index contributed by atoms with van der Waals surface area (Å²) in [4.78, 5) is 21.3. The van der Waals surface area contributed by atoms with Crippen LogP contribution >= 0.6 is 0 Å². The summed E-state index contributed by atoms with van der Waals surface area (Å²) in [6.45, 7) is 2.85. The molecule has 3 aromatic rings. The van der Waals surface area contributed by atoms with Gasteiger partial charge in [0.1, 0.15) is 0 Å². The second-order valence-corrected chi connectivity index (χ2v) is 7.07. The van der Waals surface area contributed by atoms with Gasteiger partial charge < -0.3 is 20.3 Å². The largest absolute Gasteiger partial charge is 0.490 e. The maximum Gasteiger partial charge on any atom is 0.490 e. The van der Waals surface area contributed by atoms with Gasteiger partial charge in [-0.1, -0.05) is 54.6 Å². The number of nitrogens with two attached hydrogens (primary N) is 1. The molecule has 0 unspecified atom stereocenters. The Hall–Kier alpha value is -4.08. The first-order valence-corrected chi connectivity index (χ1v) is 10.2. The van der Waals surface area contributed by atoms with Crippen molar-refractivity contribution in [2.75, 3.05) is 6.61 Å². The zero-order chi connectivity index (χ0) is 25.1. The Morgan fingerprint density at radius 3 is 2.21 bits per heavy atom. The molecule has 0 aliphatic carbocycles. The zero-order valence-electron chi connectivity index (χ0n) is 18.3. The Balaban J connectivity index is 0.000000509. The summed E-state index contributed by atoms with van der Waals surface area (Å²) in [6, 6.07) is 18.1. The Morgan fingerprint density at radius 2 is 1.68 bits per heavy atom. The van der Waals surface area contributed by atoms with Gasteiger partial charge in [0.2, 0.25) is 0 Å². The highest BCUT2D eigenvalue weighted by Gasteiger charge is 2.38. The molecule has 3 N–H and O–H groups in total. The van der Waals surface area contributed by atoms with Crippen LogP contribution in [-0.2, 0) is 22.5 Å². The molecule has 0 saturated heterocycles. The van der Waals surface area contributed by atoms with E-state index in [0.29, 0.717) is 25.1 Å². The Kier molecular flexibility index (Phi) is 9.42. The fraction of sp³-hybridized carbons (Fsp3) is 0.208. The van der Waals surface area contributed by atoms with Gasteiger partial charge in [-0.05, 0) is 35.6 Å². The van der Waals surface area contributed by atoms with Crippen molar-refractivity contribution in [3.63, 3.8) is 0 Å². The number of carbonyl (C=O) groups is 2. The van der Waals surface area contributed by atoms with Crippen molar-refractivity contribution in [1.82, 2.24) is 4.57 Å². The molecule has 1 aromatic heterocycles. The van der Waals surface area contributed by atoms with Crippen LogP contribution < -0.4 is 5.84 Å². The predicted molar refractivity (Wildman–Crippen MR) is 121 cm³/mol. The van der Waals surface area contributed by atoms with E-state index in [0.717, 1.165) is 22.3 Å². The molecule has 180 valence electrons. The number of nitrogens with zero attached hydrogens (tertiary/aromatic N) is 2. The lowest BCUT2D eigenvalue weighted by molar-refractivity contribution is -0.192. The fourth-order valence-electron chi connectivity index (χ4n) is 3.00. The molecule has 0 aliphatic rings. The van der Waals surface area contributed by atoms with Gasteiger partial charge in [-0.25, -0.2) is 9.59 Å². The molecule has 0 amide bonds. The minimum atomic E-state index is -5.08. The van der Waals surface area contributed by atoms with Gasteiger partial charge in [0.25, 0.3) is 0 Å².